The van der Waals surface area contributed by atoms with E-state index in [1.54, 1.807) is 28.9 Å². The molecule has 11 heteroatoms. The van der Waals surface area contributed by atoms with Gasteiger partial charge in [0.1, 0.15) is 0 Å². The Bertz CT molecular complexity index is 1860. The van der Waals surface area contributed by atoms with E-state index in [1.807, 2.05) is 73.8 Å². The Morgan fingerprint density at radius 2 is 1.54 bits per heavy atom. The maximum Gasteiger partial charge on any atom is 0.261 e. The second-order valence-corrected chi connectivity index (χ2v) is 12.3. The third-order valence-electron chi connectivity index (χ3n) is 8.23. The average Bonchev–Trinajstić information content (AvgIpc) is 3.63. The standard InChI is InChI=1S/C35H31N5O5S/c1-39-35(36-37-38-39)46-21-28-18-31(24-14-12-22(20-41)13-15-24)45-34(44-28)27-9-5-8-26(17-27)25-7-4-6-23(16-25)19-40-32(42)29-10-2-3-11-30(29)33(40)43/h2-17,28,31,34,41H,18-21H2,1H3. The van der Waals surface area contributed by atoms with Gasteiger partial charge < -0.3 is 14.6 Å². The number of fused-ring (bicyclic) bond motifs is 1. The molecule has 7 rings (SSSR count). The van der Waals surface area contributed by atoms with E-state index in [-0.39, 0.29) is 37.2 Å². The molecular weight excluding hydrogens is 602 g/mol. The van der Waals surface area contributed by atoms with Crippen molar-refractivity contribution in [3.8, 4) is 11.1 Å². The third kappa shape index (κ3) is 6.10. The molecule has 1 aromatic heterocycles. The first-order chi connectivity index (χ1) is 22.5. The number of aromatic nitrogens is 4. The van der Waals surface area contributed by atoms with E-state index in [1.165, 1.54) is 16.7 Å². The second-order valence-electron chi connectivity index (χ2n) is 11.3. The van der Waals surface area contributed by atoms with Gasteiger partial charge in [0.2, 0.25) is 5.16 Å². The topological polar surface area (TPSA) is 120 Å². The van der Waals surface area contributed by atoms with Gasteiger partial charge in [-0.15, -0.1) is 5.10 Å². The van der Waals surface area contributed by atoms with E-state index in [0.717, 1.165) is 33.4 Å². The molecule has 2 aliphatic heterocycles. The smallest absolute Gasteiger partial charge is 0.261 e. The Morgan fingerprint density at radius 3 is 2.24 bits per heavy atom. The minimum atomic E-state index is -0.624. The summed E-state index contributed by atoms with van der Waals surface area (Å²) in [6, 6.07) is 30.6. The number of hydrogen-bond donors (Lipinski definition) is 1. The van der Waals surface area contributed by atoms with Gasteiger partial charge in [-0.1, -0.05) is 84.6 Å². The summed E-state index contributed by atoms with van der Waals surface area (Å²) in [7, 11) is 1.81. The van der Waals surface area contributed by atoms with Crippen LogP contribution >= 0.6 is 11.8 Å². The molecule has 10 nitrogen and oxygen atoms in total. The zero-order chi connectivity index (χ0) is 31.6. The number of carbonyl (C=O) groups excluding carboxylic acids is 2. The maximum absolute atomic E-state index is 13.0. The summed E-state index contributed by atoms with van der Waals surface area (Å²) in [6.45, 7) is 0.167. The molecule has 1 N–H and O–H groups in total. The fraction of sp³-hybridized carbons (Fsp3) is 0.229. The lowest BCUT2D eigenvalue weighted by Crippen LogP contribution is -2.31. The molecule has 2 aliphatic rings. The number of ether oxygens (including phenoxy) is 2. The van der Waals surface area contributed by atoms with Crippen LogP contribution in [0.5, 0.6) is 0 Å². The molecule has 0 saturated carbocycles. The fourth-order valence-corrected chi connectivity index (χ4v) is 6.68. The summed E-state index contributed by atoms with van der Waals surface area (Å²) in [5, 5.41) is 22.0. The highest BCUT2D eigenvalue weighted by atomic mass is 32.2. The minimum absolute atomic E-state index is 0.0190. The average molecular weight is 634 g/mol. The summed E-state index contributed by atoms with van der Waals surface area (Å²) >= 11 is 1.53. The number of aliphatic hydroxyl groups is 1. The number of hydrogen-bond acceptors (Lipinski definition) is 9. The van der Waals surface area contributed by atoms with Gasteiger partial charge in [0.05, 0.1) is 36.5 Å². The van der Waals surface area contributed by atoms with Crippen molar-refractivity contribution in [3.05, 3.63) is 130 Å². The molecule has 1 fully saturated rings. The van der Waals surface area contributed by atoms with Gasteiger partial charge in [0, 0.05) is 24.8 Å². The number of benzene rings is 4. The lowest BCUT2D eigenvalue weighted by atomic mass is 9.99. The molecule has 5 aromatic rings. The number of carbonyl (C=O) groups is 2. The molecule has 0 aliphatic carbocycles. The summed E-state index contributed by atoms with van der Waals surface area (Å²) in [5.74, 6) is 0.0883. The number of amides is 2. The van der Waals surface area contributed by atoms with Gasteiger partial charge in [-0.05, 0) is 62.5 Å². The van der Waals surface area contributed by atoms with Gasteiger partial charge in [-0.2, -0.15) is 0 Å². The summed E-state index contributed by atoms with van der Waals surface area (Å²) in [4.78, 5) is 27.2. The van der Waals surface area contributed by atoms with Crippen LogP contribution in [-0.4, -0.2) is 53.9 Å². The number of aryl methyl sites for hydroxylation is 1. The Morgan fingerprint density at radius 1 is 0.826 bits per heavy atom. The third-order valence-corrected chi connectivity index (χ3v) is 9.38. The van der Waals surface area contributed by atoms with Crippen LogP contribution in [0.4, 0.5) is 0 Å². The monoisotopic (exact) mass is 633 g/mol. The van der Waals surface area contributed by atoms with Crippen LogP contribution in [-0.2, 0) is 29.7 Å². The van der Waals surface area contributed by atoms with Crippen LogP contribution in [0.2, 0.25) is 0 Å². The summed E-state index contributed by atoms with van der Waals surface area (Å²) < 4.78 is 14.7. The predicted molar refractivity (Wildman–Crippen MR) is 170 cm³/mol. The largest absolute Gasteiger partial charge is 0.392 e. The first-order valence-corrected chi connectivity index (χ1v) is 16.0. The number of rotatable bonds is 9. The Labute approximate surface area is 270 Å². The lowest BCUT2D eigenvalue weighted by Gasteiger charge is -2.36. The van der Waals surface area contributed by atoms with Gasteiger partial charge in [0.25, 0.3) is 11.8 Å². The van der Waals surface area contributed by atoms with Crippen molar-refractivity contribution in [2.45, 2.75) is 43.2 Å². The molecule has 232 valence electrons. The molecule has 3 unspecified atom stereocenters. The molecule has 0 bridgehead atoms. The van der Waals surface area contributed by atoms with Crippen molar-refractivity contribution in [2.75, 3.05) is 5.75 Å². The van der Waals surface area contributed by atoms with Gasteiger partial charge in [-0.3, -0.25) is 14.5 Å². The van der Waals surface area contributed by atoms with Crippen LogP contribution in [0.15, 0.2) is 102 Å². The second kappa shape index (κ2) is 13.0. The highest BCUT2D eigenvalue weighted by Crippen LogP contribution is 2.40. The van der Waals surface area contributed by atoms with Crippen LogP contribution in [0, 0.1) is 0 Å². The van der Waals surface area contributed by atoms with Crippen LogP contribution in [0.3, 0.4) is 0 Å². The molecular formula is C35H31N5O5S. The van der Waals surface area contributed by atoms with Crippen LogP contribution in [0.1, 0.15) is 61.8 Å². The van der Waals surface area contributed by atoms with Crippen molar-refractivity contribution in [1.82, 2.24) is 25.1 Å². The molecule has 3 heterocycles. The summed E-state index contributed by atoms with van der Waals surface area (Å²) in [5.41, 5.74) is 6.36. The highest BCUT2D eigenvalue weighted by Gasteiger charge is 2.35. The molecule has 4 aromatic carbocycles. The van der Waals surface area contributed by atoms with Crippen molar-refractivity contribution < 1.29 is 24.2 Å². The van der Waals surface area contributed by atoms with E-state index < -0.39 is 6.29 Å². The zero-order valence-corrected chi connectivity index (χ0v) is 25.8. The predicted octanol–water partition coefficient (Wildman–Crippen LogP) is 5.50. The van der Waals surface area contributed by atoms with E-state index in [4.69, 9.17) is 9.47 Å². The van der Waals surface area contributed by atoms with Crippen LogP contribution < -0.4 is 0 Å². The van der Waals surface area contributed by atoms with Gasteiger partial charge >= 0.3 is 0 Å². The molecule has 0 spiro atoms. The SMILES string of the molecule is Cn1nnnc1SCC1CC(c2ccc(CO)cc2)OC(c2cccc(-c3cccc(CN4C(=O)c5ccccc5C4=O)c3)c2)O1. The van der Waals surface area contributed by atoms with Crippen molar-refractivity contribution in [1.29, 1.82) is 0 Å². The quantitative estimate of drug-likeness (QED) is 0.166. The Hall–Kier alpha value is -4.68. The van der Waals surface area contributed by atoms with E-state index >= 15 is 0 Å². The van der Waals surface area contributed by atoms with Crippen molar-refractivity contribution in [2.24, 2.45) is 7.05 Å². The first kappa shape index (κ1) is 30.0. The molecule has 46 heavy (non-hydrogen) atoms. The molecule has 0 radical (unpaired) electrons. The maximum atomic E-state index is 13.0. The number of thioether (sulfide) groups is 1. The fourth-order valence-electron chi connectivity index (χ4n) is 5.81. The van der Waals surface area contributed by atoms with Gasteiger partial charge in [-0.25, -0.2) is 4.68 Å². The number of imide groups is 1. The lowest BCUT2D eigenvalue weighted by molar-refractivity contribution is -0.245. The van der Waals surface area contributed by atoms with E-state index in [2.05, 4.69) is 21.6 Å². The minimum Gasteiger partial charge on any atom is -0.392 e. The Kier molecular flexibility index (Phi) is 8.46. The van der Waals surface area contributed by atoms with Crippen molar-refractivity contribution >= 4 is 23.6 Å². The van der Waals surface area contributed by atoms with E-state index in [9.17, 15) is 14.7 Å². The molecule has 2 amide bonds. The first-order valence-electron chi connectivity index (χ1n) is 15.0. The number of nitrogens with zero attached hydrogens (tertiary/aromatic N) is 5. The highest BCUT2D eigenvalue weighted by molar-refractivity contribution is 7.99. The van der Waals surface area contributed by atoms with Crippen molar-refractivity contribution in [3.63, 3.8) is 0 Å². The zero-order valence-electron chi connectivity index (χ0n) is 25.0. The van der Waals surface area contributed by atoms with Gasteiger partial charge in [0.15, 0.2) is 6.29 Å². The van der Waals surface area contributed by atoms with Crippen LogP contribution in [0.25, 0.3) is 11.1 Å². The summed E-state index contributed by atoms with van der Waals surface area (Å²) in [6.07, 6.45) is -0.343. The normalized spacial score (nSPS) is 19.4. The number of aliphatic hydroxyl groups excluding tert-OH is 1. The Balaban J connectivity index is 1.12. The van der Waals surface area contributed by atoms with E-state index in [0.29, 0.717) is 28.5 Å². The molecule has 3 atom stereocenters. The number of tetrazole rings is 1. The molecule has 1 saturated heterocycles.